The van der Waals surface area contributed by atoms with E-state index in [1.807, 2.05) is 0 Å². The minimum absolute atomic E-state index is 0.269. The van der Waals surface area contributed by atoms with Gasteiger partial charge in [-0.25, -0.2) is 4.39 Å². The molecule has 1 aromatic rings. The molecule has 1 fully saturated rings. The normalized spacial score (nSPS) is 17.1. The number of nitro groups is 1. The molecule has 0 amide bonds. The van der Waals surface area contributed by atoms with E-state index in [9.17, 15) is 19.6 Å². The lowest BCUT2D eigenvalue weighted by atomic mass is 9.97. The van der Waals surface area contributed by atoms with Gasteiger partial charge in [-0.05, 0) is 18.9 Å². The summed E-state index contributed by atoms with van der Waals surface area (Å²) in [7, 11) is 0. The molecule has 0 bridgehead atoms. The van der Waals surface area contributed by atoms with Crippen LogP contribution in [-0.2, 0) is 0 Å². The van der Waals surface area contributed by atoms with Crippen LogP contribution < -0.4 is 5.32 Å². The van der Waals surface area contributed by atoms with E-state index in [0.717, 1.165) is 32.2 Å². The first-order valence-corrected chi connectivity index (χ1v) is 7.27. The maximum Gasteiger partial charge on any atom is 0.313 e. The maximum absolute atomic E-state index is 13.8. The lowest BCUT2D eigenvalue weighted by Crippen LogP contribution is -2.45. The summed E-state index contributed by atoms with van der Waals surface area (Å²) in [6.07, 6.45) is 3.05. The molecule has 6 nitrogen and oxygen atoms in total. The van der Waals surface area contributed by atoms with E-state index in [2.05, 4.69) is 16.8 Å². The van der Waals surface area contributed by atoms with Crippen LogP contribution in [-0.4, -0.2) is 41.1 Å². The van der Waals surface area contributed by atoms with Crippen LogP contribution in [0.1, 0.15) is 24.4 Å². The molecule has 1 heterocycles. The van der Waals surface area contributed by atoms with Gasteiger partial charge in [-0.15, -0.1) is 6.58 Å². The molecule has 2 rings (SSSR count). The Balaban J connectivity index is 2.41. The van der Waals surface area contributed by atoms with E-state index in [1.165, 1.54) is 6.07 Å². The zero-order chi connectivity index (χ0) is 16.1. The van der Waals surface area contributed by atoms with Crippen LogP contribution in [0.4, 0.5) is 10.1 Å². The second-order valence-corrected chi connectivity index (χ2v) is 5.29. The fraction of sp³-hybridized carbons (Fsp3) is 0.467. The zero-order valence-corrected chi connectivity index (χ0v) is 12.3. The SMILES string of the molecule is C=CCC[C@H](c1cc(F)cc([N+](=O)[O-])c1O)N1CCNCC1. The summed E-state index contributed by atoms with van der Waals surface area (Å²) < 4.78 is 13.8. The molecule has 2 N–H and O–H groups in total. The van der Waals surface area contributed by atoms with Gasteiger partial charge < -0.3 is 10.4 Å². The molecule has 0 saturated carbocycles. The van der Waals surface area contributed by atoms with Crippen LogP contribution in [0.3, 0.4) is 0 Å². The monoisotopic (exact) mass is 309 g/mol. The number of piperazine rings is 1. The molecule has 0 radical (unpaired) electrons. The number of hydrogen-bond acceptors (Lipinski definition) is 5. The molecular formula is C15H20FN3O3. The third kappa shape index (κ3) is 3.61. The number of nitrogens with one attached hydrogen (secondary N) is 1. The summed E-state index contributed by atoms with van der Waals surface area (Å²) in [5.74, 6) is -1.16. The fourth-order valence-electron chi connectivity index (χ4n) is 2.80. The van der Waals surface area contributed by atoms with Gasteiger partial charge in [0, 0.05) is 37.8 Å². The van der Waals surface area contributed by atoms with Crippen molar-refractivity contribution in [3.63, 3.8) is 0 Å². The maximum atomic E-state index is 13.8. The van der Waals surface area contributed by atoms with E-state index < -0.39 is 22.2 Å². The Morgan fingerprint density at radius 3 is 2.77 bits per heavy atom. The average molecular weight is 309 g/mol. The van der Waals surface area contributed by atoms with Gasteiger partial charge in [0.05, 0.1) is 11.0 Å². The van der Waals surface area contributed by atoms with Crippen LogP contribution in [0.5, 0.6) is 5.75 Å². The predicted octanol–water partition coefficient (Wildman–Crippen LogP) is 2.35. The molecule has 7 heteroatoms. The molecule has 22 heavy (non-hydrogen) atoms. The van der Waals surface area contributed by atoms with Gasteiger partial charge in [0.15, 0.2) is 5.75 Å². The van der Waals surface area contributed by atoms with Gasteiger partial charge in [0.25, 0.3) is 0 Å². The Kier molecular flexibility index (Phi) is 5.46. The second-order valence-electron chi connectivity index (χ2n) is 5.29. The van der Waals surface area contributed by atoms with Gasteiger partial charge >= 0.3 is 5.69 Å². The number of nitrogens with zero attached hydrogens (tertiary/aromatic N) is 2. The Morgan fingerprint density at radius 1 is 1.50 bits per heavy atom. The second kappa shape index (κ2) is 7.33. The van der Waals surface area contributed by atoms with Crippen molar-refractivity contribution < 1.29 is 14.4 Å². The van der Waals surface area contributed by atoms with Crippen molar-refractivity contribution in [2.24, 2.45) is 0 Å². The minimum atomic E-state index is -0.760. The summed E-state index contributed by atoms with van der Waals surface area (Å²) in [5, 5.41) is 24.4. The van der Waals surface area contributed by atoms with Gasteiger partial charge in [-0.3, -0.25) is 15.0 Å². The van der Waals surface area contributed by atoms with Gasteiger partial charge in [-0.2, -0.15) is 0 Å². The standard InChI is InChI=1S/C15H20FN3O3/c1-2-3-4-13(18-7-5-17-6-8-18)12-9-11(16)10-14(15(12)20)19(21)22/h2,9-10,13,17,20H,1,3-8H2/t13-/m1/s1. The number of rotatable bonds is 6. The van der Waals surface area contributed by atoms with Crippen molar-refractivity contribution in [3.8, 4) is 5.75 Å². The molecule has 1 saturated heterocycles. The van der Waals surface area contributed by atoms with Gasteiger partial charge in [-0.1, -0.05) is 6.08 Å². The van der Waals surface area contributed by atoms with Crippen molar-refractivity contribution >= 4 is 5.69 Å². The molecule has 1 aliphatic rings. The van der Waals surface area contributed by atoms with E-state index in [-0.39, 0.29) is 11.6 Å². The highest BCUT2D eigenvalue weighted by Crippen LogP contribution is 2.39. The van der Waals surface area contributed by atoms with Crippen molar-refractivity contribution in [1.29, 1.82) is 0 Å². The number of hydrogen-bond donors (Lipinski definition) is 2. The van der Waals surface area contributed by atoms with E-state index >= 15 is 0 Å². The summed E-state index contributed by atoms with van der Waals surface area (Å²) in [4.78, 5) is 12.3. The topological polar surface area (TPSA) is 78.6 Å². The molecular weight excluding hydrogens is 289 g/mol. The number of halogens is 1. The van der Waals surface area contributed by atoms with Crippen molar-refractivity contribution in [2.45, 2.75) is 18.9 Å². The third-order valence-electron chi connectivity index (χ3n) is 3.88. The quantitative estimate of drug-likeness (QED) is 0.479. The summed E-state index contributed by atoms with van der Waals surface area (Å²) in [6, 6.07) is 1.67. The summed E-state index contributed by atoms with van der Waals surface area (Å²) >= 11 is 0. The van der Waals surface area contributed by atoms with Crippen molar-refractivity contribution in [2.75, 3.05) is 26.2 Å². The molecule has 1 aromatic carbocycles. The van der Waals surface area contributed by atoms with Crippen molar-refractivity contribution in [3.05, 3.63) is 46.3 Å². The smallest absolute Gasteiger partial charge is 0.313 e. The van der Waals surface area contributed by atoms with Crippen LogP contribution in [0.25, 0.3) is 0 Å². The lowest BCUT2D eigenvalue weighted by Gasteiger charge is -2.35. The number of nitro benzene ring substituents is 1. The Hall–Kier alpha value is -1.99. The Labute approximate surface area is 128 Å². The first kappa shape index (κ1) is 16.4. The Bertz CT molecular complexity index is 559. The number of benzene rings is 1. The van der Waals surface area contributed by atoms with Gasteiger partial charge in [0.1, 0.15) is 5.82 Å². The lowest BCUT2D eigenvalue weighted by molar-refractivity contribution is -0.386. The highest BCUT2D eigenvalue weighted by Gasteiger charge is 2.28. The number of aromatic hydroxyl groups is 1. The third-order valence-corrected chi connectivity index (χ3v) is 3.88. The molecule has 1 aliphatic heterocycles. The predicted molar refractivity (Wildman–Crippen MR) is 81.3 cm³/mol. The number of allylic oxidation sites excluding steroid dienone is 1. The van der Waals surface area contributed by atoms with Crippen molar-refractivity contribution in [1.82, 2.24) is 10.2 Å². The van der Waals surface area contributed by atoms with E-state index in [0.29, 0.717) is 12.8 Å². The Morgan fingerprint density at radius 2 is 2.18 bits per heavy atom. The summed E-state index contributed by atoms with van der Waals surface area (Å²) in [6.45, 7) is 6.75. The molecule has 0 spiro atoms. The number of phenolic OH excluding ortho intramolecular Hbond substituents is 1. The molecule has 120 valence electrons. The molecule has 0 aromatic heterocycles. The van der Waals surface area contributed by atoms with Crippen LogP contribution in [0, 0.1) is 15.9 Å². The first-order valence-electron chi connectivity index (χ1n) is 7.27. The minimum Gasteiger partial charge on any atom is -0.502 e. The molecule has 1 atom stereocenters. The molecule has 0 aliphatic carbocycles. The molecule has 0 unspecified atom stereocenters. The van der Waals surface area contributed by atoms with Crippen LogP contribution in [0.2, 0.25) is 0 Å². The number of phenols is 1. The van der Waals surface area contributed by atoms with Crippen LogP contribution in [0.15, 0.2) is 24.8 Å². The highest BCUT2D eigenvalue weighted by atomic mass is 19.1. The zero-order valence-electron chi connectivity index (χ0n) is 12.3. The largest absolute Gasteiger partial charge is 0.502 e. The summed E-state index contributed by atoms with van der Waals surface area (Å²) in [5.41, 5.74) is -0.316. The fourth-order valence-corrected chi connectivity index (χ4v) is 2.80. The van der Waals surface area contributed by atoms with E-state index in [1.54, 1.807) is 6.08 Å². The van der Waals surface area contributed by atoms with E-state index in [4.69, 9.17) is 0 Å². The average Bonchev–Trinajstić information content (AvgIpc) is 2.51. The van der Waals surface area contributed by atoms with Crippen LogP contribution >= 0.6 is 0 Å². The highest BCUT2D eigenvalue weighted by molar-refractivity contribution is 5.52. The van der Waals surface area contributed by atoms with Gasteiger partial charge in [0.2, 0.25) is 0 Å². The first-order chi connectivity index (χ1) is 10.5.